The quantitative estimate of drug-likeness (QED) is 0.195. The summed E-state index contributed by atoms with van der Waals surface area (Å²) in [5.41, 5.74) is 10.3. The zero-order valence-electron chi connectivity index (χ0n) is 24.1. The number of pyridine rings is 3. The molecule has 0 fully saturated rings. The van der Waals surface area contributed by atoms with Crippen LogP contribution in [0.4, 0.5) is 0 Å². The predicted molar refractivity (Wildman–Crippen MR) is 182 cm³/mol. The Hall–Kier alpha value is -6.20. The van der Waals surface area contributed by atoms with Crippen LogP contribution in [0.25, 0.3) is 88.6 Å². The topological polar surface area (TPSA) is 64.7 Å². The zero-order valence-corrected chi connectivity index (χ0v) is 24.1. The lowest BCUT2D eigenvalue weighted by atomic mass is 9.94. The molecule has 0 aliphatic heterocycles. The van der Waals surface area contributed by atoms with Crippen molar-refractivity contribution in [3.8, 4) is 45.0 Å². The standard InChI is InChI=1S/C40H24N4O/c1-2-9-25(10-3-1)34-24-43-37(33-13-5-4-12-32(33)34)29-20-28(21-30(22-29)40-44-35-14-6-7-15-36(35)45-40)31-19-27-17-16-26-11-8-18-41-38(26)39(27)42-23-31/h1-24H. The molecule has 0 N–H and O–H groups in total. The second kappa shape index (κ2) is 10.2. The van der Waals surface area contributed by atoms with Gasteiger partial charge in [-0.1, -0.05) is 84.9 Å². The van der Waals surface area contributed by atoms with Gasteiger partial charge in [-0.2, -0.15) is 0 Å². The number of oxazole rings is 1. The van der Waals surface area contributed by atoms with Crippen LogP contribution in [0.5, 0.6) is 0 Å². The third-order valence-corrected chi connectivity index (χ3v) is 8.38. The van der Waals surface area contributed by atoms with E-state index < -0.39 is 0 Å². The van der Waals surface area contributed by atoms with E-state index in [9.17, 15) is 0 Å². The molecule has 4 aromatic heterocycles. The van der Waals surface area contributed by atoms with E-state index in [0.29, 0.717) is 5.89 Å². The molecule has 5 aromatic carbocycles. The molecule has 0 radical (unpaired) electrons. The highest BCUT2D eigenvalue weighted by Gasteiger charge is 2.17. The minimum Gasteiger partial charge on any atom is -0.436 e. The van der Waals surface area contributed by atoms with E-state index in [4.69, 9.17) is 19.4 Å². The molecule has 0 unspecified atom stereocenters. The molecule has 9 rings (SSSR count). The van der Waals surface area contributed by atoms with Crippen molar-refractivity contribution in [2.75, 3.05) is 0 Å². The lowest BCUT2D eigenvalue weighted by Gasteiger charge is -2.13. The molecule has 210 valence electrons. The molecule has 0 saturated heterocycles. The minimum absolute atomic E-state index is 0.563. The fourth-order valence-corrected chi connectivity index (χ4v) is 6.21. The molecule has 45 heavy (non-hydrogen) atoms. The first-order chi connectivity index (χ1) is 22.3. The lowest BCUT2D eigenvalue weighted by molar-refractivity contribution is 0.620. The second-order valence-electron chi connectivity index (χ2n) is 11.2. The Morgan fingerprint density at radius 2 is 1.22 bits per heavy atom. The first kappa shape index (κ1) is 25.3. The third-order valence-electron chi connectivity index (χ3n) is 8.38. The lowest BCUT2D eigenvalue weighted by Crippen LogP contribution is -1.93. The Kier molecular flexibility index (Phi) is 5.74. The number of rotatable bonds is 4. The van der Waals surface area contributed by atoms with Crippen molar-refractivity contribution in [2.45, 2.75) is 0 Å². The summed E-state index contributed by atoms with van der Waals surface area (Å²) in [5.74, 6) is 0.563. The maximum atomic E-state index is 6.26. The largest absolute Gasteiger partial charge is 0.436 e. The predicted octanol–water partition coefficient (Wildman–Crippen LogP) is 10.1. The van der Waals surface area contributed by atoms with Gasteiger partial charge in [-0.3, -0.25) is 15.0 Å². The third kappa shape index (κ3) is 4.33. The summed E-state index contributed by atoms with van der Waals surface area (Å²) in [6, 6.07) is 43.5. The Morgan fingerprint density at radius 1 is 0.467 bits per heavy atom. The van der Waals surface area contributed by atoms with Crippen molar-refractivity contribution in [1.29, 1.82) is 0 Å². The van der Waals surface area contributed by atoms with Gasteiger partial charge in [0.25, 0.3) is 0 Å². The molecule has 0 spiro atoms. The van der Waals surface area contributed by atoms with E-state index in [-0.39, 0.29) is 0 Å². The van der Waals surface area contributed by atoms with Crippen LogP contribution >= 0.6 is 0 Å². The van der Waals surface area contributed by atoms with Crippen LogP contribution in [-0.4, -0.2) is 19.9 Å². The van der Waals surface area contributed by atoms with Gasteiger partial charge >= 0.3 is 0 Å². The highest BCUT2D eigenvalue weighted by molar-refractivity contribution is 6.05. The summed E-state index contributed by atoms with van der Waals surface area (Å²) >= 11 is 0. The number of benzene rings is 5. The molecular weight excluding hydrogens is 552 g/mol. The molecule has 5 heteroatoms. The van der Waals surface area contributed by atoms with Crippen LogP contribution < -0.4 is 0 Å². The Bertz CT molecular complexity index is 2520. The van der Waals surface area contributed by atoms with Gasteiger partial charge in [0.05, 0.1) is 16.7 Å². The van der Waals surface area contributed by atoms with E-state index in [1.165, 1.54) is 0 Å². The molecular formula is C40H24N4O. The summed E-state index contributed by atoms with van der Waals surface area (Å²) in [5, 5.41) is 4.33. The van der Waals surface area contributed by atoms with Crippen LogP contribution in [-0.2, 0) is 0 Å². The minimum atomic E-state index is 0.563. The van der Waals surface area contributed by atoms with Gasteiger partial charge in [0.2, 0.25) is 5.89 Å². The Labute approximate surface area is 258 Å². The summed E-state index contributed by atoms with van der Waals surface area (Å²) in [4.78, 5) is 19.4. The van der Waals surface area contributed by atoms with Gasteiger partial charge in [-0.15, -0.1) is 0 Å². The summed E-state index contributed by atoms with van der Waals surface area (Å²) in [7, 11) is 0. The maximum Gasteiger partial charge on any atom is 0.227 e. The van der Waals surface area contributed by atoms with E-state index in [2.05, 4.69) is 96.0 Å². The van der Waals surface area contributed by atoms with Crippen LogP contribution in [0, 0.1) is 0 Å². The Balaban J connectivity index is 1.27. The van der Waals surface area contributed by atoms with E-state index in [0.717, 1.165) is 82.8 Å². The molecule has 0 aliphatic carbocycles. The van der Waals surface area contributed by atoms with Gasteiger partial charge < -0.3 is 4.42 Å². The average molecular weight is 577 g/mol. The zero-order chi connectivity index (χ0) is 29.7. The Morgan fingerprint density at radius 3 is 2.13 bits per heavy atom. The number of aromatic nitrogens is 4. The molecule has 0 bridgehead atoms. The SMILES string of the molecule is c1ccc(-c2cnc(-c3cc(-c4cnc5c(ccc6cccnc65)c4)cc(-c4nc5ccccc5o4)c3)c3ccccc23)cc1. The number of fused-ring (bicyclic) bond motifs is 5. The number of nitrogens with zero attached hydrogens (tertiary/aromatic N) is 4. The fourth-order valence-electron chi connectivity index (χ4n) is 6.21. The number of hydrogen-bond acceptors (Lipinski definition) is 5. The van der Waals surface area contributed by atoms with Crippen LogP contribution in [0.3, 0.4) is 0 Å². The number of hydrogen-bond donors (Lipinski definition) is 0. The van der Waals surface area contributed by atoms with E-state index in [1.54, 1.807) is 0 Å². The molecule has 9 aromatic rings. The first-order valence-corrected chi connectivity index (χ1v) is 14.9. The van der Waals surface area contributed by atoms with Gasteiger partial charge in [-0.25, -0.2) is 4.98 Å². The van der Waals surface area contributed by atoms with Crippen molar-refractivity contribution in [2.24, 2.45) is 0 Å². The summed E-state index contributed by atoms with van der Waals surface area (Å²) in [6.07, 6.45) is 5.72. The monoisotopic (exact) mass is 576 g/mol. The van der Waals surface area contributed by atoms with Crippen LogP contribution in [0.1, 0.15) is 0 Å². The summed E-state index contributed by atoms with van der Waals surface area (Å²) < 4.78 is 6.26. The highest BCUT2D eigenvalue weighted by Crippen LogP contribution is 2.38. The molecule has 0 aliphatic rings. The fraction of sp³-hybridized carbons (Fsp3) is 0. The summed E-state index contributed by atoms with van der Waals surface area (Å²) in [6.45, 7) is 0. The van der Waals surface area contributed by atoms with Gasteiger partial charge in [0, 0.05) is 57.0 Å². The van der Waals surface area contributed by atoms with Gasteiger partial charge in [-0.05, 0) is 59.0 Å². The van der Waals surface area contributed by atoms with Crippen molar-refractivity contribution in [3.63, 3.8) is 0 Å². The van der Waals surface area contributed by atoms with Crippen molar-refractivity contribution < 1.29 is 4.42 Å². The molecule has 0 amide bonds. The second-order valence-corrected chi connectivity index (χ2v) is 11.2. The first-order valence-electron chi connectivity index (χ1n) is 14.9. The molecule has 5 nitrogen and oxygen atoms in total. The normalized spacial score (nSPS) is 11.6. The van der Waals surface area contributed by atoms with Gasteiger partial charge in [0.15, 0.2) is 5.58 Å². The van der Waals surface area contributed by atoms with E-state index >= 15 is 0 Å². The number of para-hydroxylation sites is 2. The maximum absolute atomic E-state index is 6.26. The van der Waals surface area contributed by atoms with Crippen molar-refractivity contribution in [1.82, 2.24) is 19.9 Å². The van der Waals surface area contributed by atoms with E-state index in [1.807, 2.05) is 55.0 Å². The van der Waals surface area contributed by atoms with Crippen LogP contribution in [0.2, 0.25) is 0 Å². The van der Waals surface area contributed by atoms with Crippen molar-refractivity contribution >= 4 is 43.7 Å². The van der Waals surface area contributed by atoms with Gasteiger partial charge in [0.1, 0.15) is 5.52 Å². The van der Waals surface area contributed by atoms with Crippen LogP contribution in [0.15, 0.2) is 150 Å². The smallest absolute Gasteiger partial charge is 0.227 e. The molecule has 0 atom stereocenters. The molecule has 4 heterocycles. The average Bonchev–Trinajstić information content (AvgIpc) is 3.56. The molecule has 0 saturated carbocycles. The highest BCUT2D eigenvalue weighted by atomic mass is 16.3. The van der Waals surface area contributed by atoms with Crippen molar-refractivity contribution in [3.05, 3.63) is 146 Å².